The molecule has 1 heterocycles. The summed E-state index contributed by atoms with van der Waals surface area (Å²) < 4.78 is 1.19. The third kappa shape index (κ3) is 2.23. The van der Waals surface area contributed by atoms with Crippen molar-refractivity contribution in [3.8, 4) is 0 Å². The summed E-state index contributed by atoms with van der Waals surface area (Å²) in [6.45, 7) is 4.46. The SMILES string of the molecule is CCC(CC)c1csc(SC)n1. The minimum absolute atomic E-state index is 0.669. The molecule has 0 radical (unpaired) electrons. The van der Waals surface area contributed by atoms with Gasteiger partial charge >= 0.3 is 0 Å². The Morgan fingerprint density at radius 2 is 2.17 bits per heavy atom. The zero-order valence-electron chi connectivity index (χ0n) is 7.83. The molecule has 1 aromatic heterocycles. The van der Waals surface area contributed by atoms with Gasteiger partial charge in [0.05, 0.1) is 5.69 Å². The average Bonchev–Trinajstić information content (AvgIpc) is 2.55. The van der Waals surface area contributed by atoms with Gasteiger partial charge in [-0.25, -0.2) is 4.98 Å². The van der Waals surface area contributed by atoms with Crippen LogP contribution in [-0.2, 0) is 0 Å². The van der Waals surface area contributed by atoms with Crippen LogP contribution in [0.5, 0.6) is 0 Å². The van der Waals surface area contributed by atoms with E-state index in [0.29, 0.717) is 5.92 Å². The normalized spacial score (nSPS) is 11.0. The van der Waals surface area contributed by atoms with Crippen LogP contribution in [0.4, 0.5) is 0 Å². The van der Waals surface area contributed by atoms with Crippen LogP contribution in [0, 0.1) is 0 Å². The number of rotatable bonds is 4. The maximum Gasteiger partial charge on any atom is 0.149 e. The molecule has 0 fully saturated rings. The lowest BCUT2D eigenvalue weighted by atomic mass is 10.0. The molecule has 1 nitrogen and oxygen atoms in total. The van der Waals surface area contributed by atoms with E-state index in [0.717, 1.165) is 0 Å². The zero-order valence-corrected chi connectivity index (χ0v) is 9.47. The topological polar surface area (TPSA) is 12.9 Å². The summed E-state index contributed by atoms with van der Waals surface area (Å²) in [5, 5.41) is 2.20. The maximum atomic E-state index is 4.55. The van der Waals surface area contributed by atoms with Gasteiger partial charge in [0.2, 0.25) is 0 Å². The van der Waals surface area contributed by atoms with Gasteiger partial charge in [0.1, 0.15) is 4.34 Å². The molecule has 0 bridgehead atoms. The number of nitrogens with zero attached hydrogens (tertiary/aromatic N) is 1. The van der Waals surface area contributed by atoms with Gasteiger partial charge in [-0.3, -0.25) is 0 Å². The van der Waals surface area contributed by atoms with Crippen LogP contribution in [0.1, 0.15) is 38.3 Å². The summed E-state index contributed by atoms with van der Waals surface area (Å²) in [4.78, 5) is 4.55. The van der Waals surface area contributed by atoms with Crippen molar-refractivity contribution >= 4 is 23.1 Å². The molecule has 68 valence electrons. The third-order valence-corrected chi connectivity index (χ3v) is 3.96. The van der Waals surface area contributed by atoms with Crippen LogP contribution in [-0.4, -0.2) is 11.2 Å². The highest BCUT2D eigenvalue weighted by molar-refractivity contribution is 8.00. The molecule has 3 heteroatoms. The van der Waals surface area contributed by atoms with Gasteiger partial charge in [-0.05, 0) is 19.1 Å². The van der Waals surface area contributed by atoms with E-state index in [-0.39, 0.29) is 0 Å². The van der Waals surface area contributed by atoms with Crippen molar-refractivity contribution in [3.05, 3.63) is 11.1 Å². The molecule has 0 saturated heterocycles. The molecule has 1 aromatic rings. The Balaban J connectivity index is 2.72. The quantitative estimate of drug-likeness (QED) is 0.688. The Bertz CT molecular complexity index is 228. The van der Waals surface area contributed by atoms with Crippen molar-refractivity contribution in [3.63, 3.8) is 0 Å². The van der Waals surface area contributed by atoms with Gasteiger partial charge in [-0.15, -0.1) is 11.3 Å². The van der Waals surface area contributed by atoms with E-state index < -0.39 is 0 Å². The van der Waals surface area contributed by atoms with Crippen molar-refractivity contribution in [2.24, 2.45) is 0 Å². The summed E-state index contributed by atoms with van der Waals surface area (Å²) in [6.07, 6.45) is 4.48. The van der Waals surface area contributed by atoms with Crippen molar-refractivity contribution in [2.75, 3.05) is 6.26 Å². The van der Waals surface area contributed by atoms with E-state index >= 15 is 0 Å². The highest BCUT2D eigenvalue weighted by Crippen LogP contribution is 2.27. The monoisotopic (exact) mass is 201 g/mol. The van der Waals surface area contributed by atoms with E-state index in [9.17, 15) is 0 Å². The van der Waals surface area contributed by atoms with Gasteiger partial charge < -0.3 is 0 Å². The molecule has 0 spiro atoms. The summed E-state index contributed by atoms with van der Waals surface area (Å²) in [5.41, 5.74) is 1.29. The van der Waals surface area contributed by atoms with Crippen molar-refractivity contribution in [1.82, 2.24) is 4.98 Å². The first-order valence-corrected chi connectivity index (χ1v) is 6.41. The number of thioether (sulfide) groups is 1. The lowest BCUT2D eigenvalue weighted by molar-refractivity contribution is 0.624. The highest BCUT2D eigenvalue weighted by atomic mass is 32.2. The molecule has 0 saturated carbocycles. The lowest BCUT2D eigenvalue weighted by Gasteiger charge is -2.07. The molecule has 12 heavy (non-hydrogen) atoms. The Labute approximate surface area is 82.6 Å². The molecule has 0 aliphatic heterocycles. The van der Waals surface area contributed by atoms with E-state index in [1.807, 2.05) is 0 Å². The fraction of sp³-hybridized carbons (Fsp3) is 0.667. The highest BCUT2D eigenvalue weighted by Gasteiger charge is 2.10. The predicted molar refractivity (Wildman–Crippen MR) is 57.2 cm³/mol. The zero-order chi connectivity index (χ0) is 8.97. The molecular formula is C9H15NS2. The van der Waals surface area contributed by atoms with Gasteiger partial charge in [0.15, 0.2) is 0 Å². The third-order valence-electron chi connectivity index (χ3n) is 2.08. The second-order valence-electron chi connectivity index (χ2n) is 2.76. The summed E-state index contributed by atoms with van der Waals surface area (Å²) in [5.74, 6) is 0.669. The van der Waals surface area contributed by atoms with Crippen LogP contribution in [0.2, 0.25) is 0 Å². The maximum absolute atomic E-state index is 4.55. The Hall–Kier alpha value is -0.0200. The van der Waals surface area contributed by atoms with Gasteiger partial charge in [-0.2, -0.15) is 0 Å². The van der Waals surface area contributed by atoms with Crippen LogP contribution < -0.4 is 0 Å². The fourth-order valence-electron chi connectivity index (χ4n) is 1.26. The van der Waals surface area contributed by atoms with Gasteiger partial charge in [0.25, 0.3) is 0 Å². The molecular weight excluding hydrogens is 186 g/mol. The standard InChI is InChI=1S/C9H15NS2/c1-4-7(5-2)8-6-12-9(10-8)11-3/h6-7H,4-5H2,1-3H3. The number of aromatic nitrogens is 1. The van der Waals surface area contributed by atoms with Crippen LogP contribution in [0.15, 0.2) is 9.72 Å². The smallest absolute Gasteiger partial charge is 0.149 e. The van der Waals surface area contributed by atoms with Crippen molar-refractivity contribution in [2.45, 2.75) is 36.9 Å². The number of thiazole rings is 1. The number of hydrogen-bond acceptors (Lipinski definition) is 3. The molecule has 0 atom stereocenters. The first-order valence-electron chi connectivity index (χ1n) is 4.31. The molecule has 0 unspecified atom stereocenters. The molecule has 0 amide bonds. The summed E-state index contributed by atoms with van der Waals surface area (Å²) in [6, 6.07) is 0. The van der Waals surface area contributed by atoms with E-state index in [1.165, 1.54) is 22.9 Å². The van der Waals surface area contributed by atoms with Crippen LogP contribution >= 0.6 is 23.1 Å². The van der Waals surface area contributed by atoms with Crippen molar-refractivity contribution < 1.29 is 0 Å². The summed E-state index contributed by atoms with van der Waals surface area (Å²) in [7, 11) is 0. The predicted octanol–water partition coefficient (Wildman–Crippen LogP) is 3.77. The van der Waals surface area contributed by atoms with Gasteiger partial charge in [-0.1, -0.05) is 25.6 Å². The summed E-state index contributed by atoms with van der Waals surface area (Å²) >= 11 is 3.50. The second-order valence-corrected chi connectivity index (χ2v) is 4.67. The first-order chi connectivity index (χ1) is 5.81. The Kier molecular flexibility index (Phi) is 4.09. The Morgan fingerprint density at radius 1 is 1.50 bits per heavy atom. The van der Waals surface area contributed by atoms with E-state index in [4.69, 9.17) is 0 Å². The average molecular weight is 201 g/mol. The minimum Gasteiger partial charge on any atom is -0.234 e. The minimum atomic E-state index is 0.669. The second kappa shape index (κ2) is 4.87. The lowest BCUT2D eigenvalue weighted by Crippen LogP contribution is -1.94. The molecule has 0 aliphatic rings. The van der Waals surface area contributed by atoms with Crippen LogP contribution in [0.25, 0.3) is 0 Å². The fourth-order valence-corrected chi connectivity index (χ4v) is 2.61. The largest absolute Gasteiger partial charge is 0.234 e. The van der Waals surface area contributed by atoms with Crippen LogP contribution in [0.3, 0.4) is 0 Å². The number of hydrogen-bond donors (Lipinski definition) is 0. The van der Waals surface area contributed by atoms with Crippen molar-refractivity contribution in [1.29, 1.82) is 0 Å². The molecule has 0 aromatic carbocycles. The first kappa shape index (κ1) is 10.1. The van der Waals surface area contributed by atoms with E-state index in [2.05, 4.69) is 30.5 Å². The Morgan fingerprint density at radius 3 is 2.58 bits per heavy atom. The van der Waals surface area contributed by atoms with E-state index in [1.54, 1.807) is 23.1 Å². The molecule has 0 N–H and O–H groups in total. The van der Waals surface area contributed by atoms with Gasteiger partial charge in [0, 0.05) is 11.3 Å². The molecule has 1 rings (SSSR count). The molecule has 0 aliphatic carbocycles.